The molecule has 0 saturated heterocycles. The van der Waals surface area contributed by atoms with Gasteiger partial charge in [0.25, 0.3) is 0 Å². The molecule has 0 aliphatic heterocycles. The fraction of sp³-hybridized carbons (Fsp3) is 0.0698. The maximum absolute atomic E-state index is 4.88. The van der Waals surface area contributed by atoms with Crippen molar-refractivity contribution in [1.29, 1.82) is 0 Å². The van der Waals surface area contributed by atoms with E-state index >= 15 is 0 Å². The quantitative estimate of drug-likeness (QED) is 0.180. The lowest BCUT2D eigenvalue weighted by atomic mass is 10.1. The first-order chi connectivity index (χ1) is 27.6. The molecule has 0 radical (unpaired) electrons. The minimum atomic E-state index is 0.595. The van der Waals surface area contributed by atoms with E-state index in [2.05, 4.69) is 88.2 Å². The lowest BCUT2D eigenvalue weighted by molar-refractivity contribution is 0.665. The Morgan fingerprint density at radius 3 is 1.71 bits per heavy atom. The van der Waals surface area contributed by atoms with Crippen molar-refractivity contribution in [3.8, 4) is 22.5 Å². The van der Waals surface area contributed by atoms with Gasteiger partial charge in [0.05, 0.1) is 41.0 Å². The van der Waals surface area contributed by atoms with E-state index < -0.39 is 0 Å². The molecule has 0 fully saturated rings. The van der Waals surface area contributed by atoms with Gasteiger partial charge in [-0.1, -0.05) is 40.8 Å². The standard InChI is InChI=1S/C23H17N7.C20H14N6/c1-14-18-12-17(5-7-21(18)27-26-14)20-8-9-22-23(25-20)30(29-28-22)13-15-4-6-19-16(11-15)3-2-10-24-19;1-4-16(12-21-9-1)18-7-8-19-20(23-18)26(25-24-19)13-14-5-6-17-15(11-14)3-2-10-22-17/h2-12H,13H2,1H3,(H,26,27);1-12H,13H2. The lowest BCUT2D eigenvalue weighted by Crippen LogP contribution is -2.03. The monoisotopic (exact) mass is 729 g/mol. The molecule has 11 aromatic rings. The van der Waals surface area contributed by atoms with Crippen molar-refractivity contribution in [1.82, 2.24) is 65.1 Å². The van der Waals surface area contributed by atoms with Crippen molar-refractivity contribution in [2.75, 3.05) is 0 Å². The van der Waals surface area contributed by atoms with Gasteiger partial charge in [-0.2, -0.15) is 5.10 Å². The average molecular weight is 730 g/mol. The Morgan fingerprint density at radius 1 is 0.536 bits per heavy atom. The number of aryl methyl sites for hydroxylation is 1. The fourth-order valence-electron chi connectivity index (χ4n) is 6.85. The molecule has 0 amide bonds. The van der Waals surface area contributed by atoms with Gasteiger partial charge in [0.1, 0.15) is 11.0 Å². The molecule has 0 atom stereocenters. The maximum Gasteiger partial charge on any atom is 0.179 e. The molecule has 0 aliphatic carbocycles. The number of pyridine rings is 5. The molecular weight excluding hydrogens is 699 g/mol. The van der Waals surface area contributed by atoms with Crippen LogP contribution in [0.2, 0.25) is 0 Å². The Kier molecular flexibility index (Phi) is 8.13. The molecule has 13 nitrogen and oxygen atoms in total. The topological polar surface area (TPSA) is 155 Å². The number of nitrogens with zero attached hydrogens (tertiary/aromatic N) is 12. The summed E-state index contributed by atoms with van der Waals surface area (Å²) in [6.45, 7) is 3.22. The molecule has 11 rings (SSSR count). The predicted octanol–water partition coefficient (Wildman–Crippen LogP) is 7.76. The number of hydrogen-bond donors (Lipinski definition) is 1. The Hall–Kier alpha value is -7.80. The van der Waals surface area contributed by atoms with Crippen LogP contribution in [0.15, 0.2) is 140 Å². The van der Waals surface area contributed by atoms with Crippen molar-refractivity contribution in [2.45, 2.75) is 20.0 Å². The predicted molar refractivity (Wildman–Crippen MR) is 215 cm³/mol. The summed E-state index contributed by atoms with van der Waals surface area (Å²) < 4.78 is 3.67. The zero-order chi connectivity index (χ0) is 37.4. The van der Waals surface area contributed by atoms with Crippen LogP contribution in [0.1, 0.15) is 16.8 Å². The number of rotatable bonds is 6. The molecule has 8 heterocycles. The normalized spacial score (nSPS) is 11.4. The first-order valence-electron chi connectivity index (χ1n) is 18.0. The van der Waals surface area contributed by atoms with Crippen molar-refractivity contribution in [3.05, 3.63) is 157 Å². The van der Waals surface area contributed by atoms with Crippen LogP contribution in [0.5, 0.6) is 0 Å². The number of fused-ring (bicyclic) bond motifs is 5. The third-order valence-electron chi connectivity index (χ3n) is 9.72. The van der Waals surface area contributed by atoms with E-state index in [-0.39, 0.29) is 0 Å². The molecule has 268 valence electrons. The van der Waals surface area contributed by atoms with E-state index in [0.29, 0.717) is 13.1 Å². The smallest absolute Gasteiger partial charge is 0.179 e. The van der Waals surface area contributed by atoms with E-state index in [1.54, 1.807) is 24.8 Å². The van der Waals surface area contributed by atoms with Crippen LogP contribution in [-0.2, 0) is 13.1 Å². The minimum absolute atomic E-state index is 0.595. The Bertz CT molecular complexity index is 3180. The first kappa shape index (κ1) is 32.8. The van der Waals surface area contributed by atoms with E-state index in [0.717, 1.165) is 94.4 Å². The number of aromatic nitrogens is 13. The molecule has 0 saturated carbocycles. The Balaban J connectivity index is 0.000000139. The highest BCUT2D eigenvalue weighted by atomic mass is 15.4. The van der Waals surface area contributed by atoms with E-state index in [9.17, 15) is 0 Å². The zero-order valence-corrected chi connectivity index (χ0v) is 30.1. The van der Waals surface area contributed by atoms with Crippen molar-refractivity contribution >= 4 is 55.0 Å². The average Bonchev–Trinajstić information content (AvgIpc) is 3.97. The first-order valence-corrected chi connectivity index (χ1v) is 18.0. The fourth-order valence-corrected chi connectivity index (χ4v) is 6.85. The summed E-state index contributed by atoms with van der Waals surface area (Å²) in [4.78, 5) is 22.5. The van der Waals surface area contributed by atoms with Crippen LogP contribution < -0.4 is 0 Å². The summed E-state index contributed by atoms with van der Waals surface area (Å²) in [6, 6.07) is 38.4. The summed E-state index contributed by atoms with van der Waals surface area (Å²) in [5.74, 6) is 0. The summed E-state index contributed by atoms with van der Waals surface area (Å²) in [6.07, 6.45) is 7.17. The Labute approximate surface area is 318 Å². The summed E-state index contributed by atoms with van der Waals surface area (Å²) in [5, 5.41) is 27.8. The van der Waals surface area contributed by atoms with Gasteiger partial charge in [0.2, 0.25) is 0 Å². The van der Waals surface area contributed by atoms with Gasteiger partial charge in [0.15, 0.2) is 11.3 Å². The van der Waals surface area contributed by atoms with Gasteiger partial charge in [-0.3, -0.25) is 20.1 Å². The third kappa shape index (κ3) is 6.32. The van der Waals surface area contributed by atoms with Gasteiger partial charge in [-0.05, 0) is 103 Å². The van der Waals surface area contributed by atoms with Crippen LogP contribution in [0.4, 0.5) is 0 Å². The van der Waals surface area contributed by atoms with Crippen LogP contribution in [0.25, 0.3) is 77.6 Å². The molecule has 0 unspecified atom stereocenters. The van der Waals surface area contributed by atoms with Gasteiger partial charge < -0.3 is 0 Å². The van der Waals surface area contributed by atoms with Crippen molar-refractivity contribution in [3.63, 3.8) is 0 Å². The largest absolute Gasteiger partial charge is 0.282 e. The van der Waals surface area contributed by atoms with Gasteiger partial charge in [0, 0.05) is 57.8 Å². The van der Waals surface area contributed by atoms with Crippen LogP contribution >= 0.6 is 0 Å². The van der Waals surface area contributed by atoms with E-state index in [4.69, 9.17) is 9.97 Å². The highest BCUT2D eigenvalue weighted by Gasteiger charge is 2.12. The minimum Gasteiger partial charge on any atom is -0.282 e. The number of benzene rings is 3. The van der Waals surface area contributed by atoms with Crippen molar-refractivity contribution in [2.24, 2.45) is 0 Å². The highest BCUT2D eigenvalue weighted by Crippen LogP contribution is 2.26. The number of nitrogens with one attached hydrogen (secondary N) is 1. The molecule has 0 spiro atoms. The second kappa shape index (κ2) is 13.9. The lowest BCUT2D eigenvalue weighted by Gasteiger charge is -2.06. The molecular formula is C43H31N13. The van der Waals surface area contributed by atoms with E-state index in [1.165, 1.54) is 0 Å². The van der Waals surface area contributed by atoms with Gasteiger partial charge in [-0.25, -0.2) is 19.3 Å². The number of hydrogen-bond acceptors (Lipinski definition) is 10. The summed E-state index contributed by atoms with van der Waals surface area (Å²) in [7, 11) is 0. The van der Waals surface area contributed by atoms with Gasteiger partial charge >= 0.3 is 0 Å². The second-order valence-corrected chi connectivity index (χ2v) is 13.5. The Morgan fingerprint density at radius 2 is 1.11 bits per heavy atom. The molecule has 3 aromatic carbocycles. The summed E-state index contributed by atoms with van der Waals surface area (Å²) >= 11 is 0. The molecule has 56 heavy (non-hydrogen) atoms. The maximum atomic E-state index is 4.88. The number of aromatic amines is 1. The van der Waals surface area contributed by atoms with Crippen LogP contribution in [0.3, 0.4) is 0 Å². The van der Waals surface area contributed by atoms with E-state index in [1.807, 2.05) is 89.1 Å². The molecule has 0 bridgehead atoms. The molecule has 8 aromatic heterocycles. The zero-order valence-electron chi connectivity index (χ0n) is 30.1. The van der Waals surface area contributed by atoms with Gasteiger partial charge in [-0.15, -0.1) is 10.2 Å². The summed E-state index contributed by atoms with van der Waals surface area (Å²) in [5.41, 5.74) is 13.1. The molecule has 13 heteroatoms. The molecule has 0 aliphatic rings. The highest BCUT2D eigenvalue weighted by molar-refractivity contribution is 5.87. The van der Waals surface area contributed by atoms with Crippen molar-refractivity contribution < 1.29 is 0 Å². The molecule has 1 N–H and O–H groups in total. The number of H-pyrrole nitrogens is 1. The third-order valence-corrected chi connectivity index (χ3v) is 9.72. The second-order valence-electron chi connectivity index (χ2n) is 13.5. The van der Waals surface area contributed by atoms with Crippen LogP contribution in [0, 0.1) is 6.92 Å². The van der Waals surface area contributed by atoms with Crippen LogP contribution in [-0.4, -0.2) is 65.1 Å². The SMILES string of the molecule is Cc1[nH]nc2ccc(-c3ccc4nnn(Cc5ccc6ncccc6c5)c4n3)cc12.c1cncc(-c2ccc3nnn(Cc4ccc5ncccc5c4)c3n2)c1.